The average Bonchev–Trinajstić information content (AvgIpc) is 2.78. The van der Waals surface area contributed by atoms with Crippen LogP contribution in [0.25, 0.3) is 0 Å². The van der Waals surface area contributed by atoms with E-state index in [1.54, 1.807) is 24.3 Å². The summed E-state index contributed by atoms with van der Waals surface area (Å²) in [6.45, 7) is 7.22. The number of nitrogens with one attached hydrogen (secondary N) is 2. The third-order valence-corrected chi connectivity index (χ3v) is 6.54. The SMILES string of the molecule is CCOCC1CCCN(CC2CCCCC2NC(=O)c2ccc(CNC(=O)O)cc2)C1. The zero-order valence-corrected chi connectivity index (χ0v) is 18.6. The Labute approximate surface area is 185 Å². The Bertz CT molecular complexity index is 709. The maximum Gasteiger partial charge on any atom is 0.404 e. The molecule has 1 saturated carbocycles. The molecule has 1 aliphatic carbocycles. The van der Waals surface area contributed by atoms with Crippen LogP contribution in [0, 0.1) is 11.8 Å². The fraction of sp³-hybridized carbons (Fsp3) is 0.667. The van der Waals surface area contributed by atoms with Gasteiger partial charge in [-0.15, -0.1) is 0 Å². The fourth-order valence-electron chi connectivity index (χ4n) is 4.89. The van der Waals surface area contributed by atoms with Crippen molar-refractivity contribution < 1.29 is 19.4 Å². The van der Waals surface area contributed by atoms with Gasteiger partial charge in [0.05, 0.1) is 6.61 Å². The molecule has 2 amide bonds. The largest absolute Gasteiger partial charge is 0.465 e. The molecular weight excluding hydrogens is 394 g/mol. The van der Waals surface area contributed by atoms with Gasteiger partial charge in [-0.05, 0) is 68.7 Å². The van der Waals surface area contributed by atoms with E-state index >= 15 is 0 Å². The van der Waals surface area contributed by atoms with E-state index in [9.17, 15) is 9.59 Å². The molecule has 0 bridgehead atoms. The van der Waals surface area contributed by atoms with E-state index in [2.05, 4.69) is 22.5 Å². The van der Waals surface area contributed by atoms with Crippen LogP contribution in [0.2, 0.25) is 0 Å². The number of rotatable bonds is 9. The van der Waals surface area contributed by atoms with Gasteiger partial charge in [-0.2, -0.15) is 0 Å². The normalized spacial score (nSPS) is 24.5. The number of piperidine rings is 1. The minimum atomic E-state index is -1.05. The summed E-state index contributed by atoms with van der Waals surface area (Å²) in [5.41, 5.74) is 1.46. The van der Waals surface area contributed by atoms with Gasteiger partial charge < -0.3 is 25.4 Å². The average molecular weight is 432 g/mol. The molecule has 0 spiro atoms. The number of carbonyl (C=O) groups excluding carboxylic acids is 1. The van der Waals surface area contributed by atoms with Gasteiger partial charge in [-0.25, -0.2) is 4.79 Å². The Morgan fingerprint density at radius 3 is 2.65 bits per heavy atom. The standard InChI is InChI=1S/C24H37N3O4/c1-2-31-17-19-6-5-13-27(15-19)16-21-7-3-4-8-22(21)26-23(28)20-11-9-18(10-12-20)14-25-24(29)30/h9-12,19,21-22,25H,2-8,13-17H2,1H3,(H,26,28)(H,29,30). The molecule has 3 atom stereocenters. The molecule has 1 saturated heterocycles. The zero-order valence-electron chi connectivity index (χ0n) is 18.6. The molecule has 0 radical (unpaired) electrons. The third kappa shape index (κ3) is 7.51. The van der Waals surface area contributed by atoms with E-state index in [0.717, 1.165) is 57.7 Å². The van der Waals surface area contributed by atoms with Crippen molar-refractivity contribution in [3.8, 4) is 0 Å². The predicted octanol–water partition coefficient (Wildman–Crippen LogP) is 3.49. The van der Waals surface area contributed by atoms with Crippen LogP contribution in [0.15, 0.2) is 24.3 Å². The zero-order chi connectivity index (χ0) is 22.1. The second-order valence-electron chi connectivity index (χ2n) is 8.91. The molecule has 1 aromatic rings. The first-order valence-corrected chi connectivity index (χ1v) is 11.7. The molecule has 2 fully saturated rings. The summed E-state index contributed by atoms with van der Waals surface area (Å²) in [6, 6.07) is 7.36. The molecular formula is C24H37N3O4. The van der Waals surface area contributed by atoms with Crippen molar-refractivity contribution in [2.45, 2.75) is 58.0 Å². The molecule has 3 rings (SSSR count). The van der Waals surface area contributed by atoms with Gasteiger partial charge in [0.2, 0.25) is 0 Å². The Morgan fingerprint density at radius 1 is 1.13 bits per heavy atom. The van der Waals surface area contributed by atoms with Crippen molar-refractivity contribution in [2.75, 3.05) is 32.8 Å². The molecule has 3 N–H and O–H groups in total. The molecule has 3 unspecified atom stereocenters. The number of nitrogens with zero attached hydrogens (tertiary/aromatic N) is 1. The Hall–Kier alpha value is -2.12. The van der Waals surface area contributed by atoms with Crippen molar-refractivity contribution in [3.05, 3.63) is 35.4 Å². The van der Waals surface area contributed by atoms with Crippen molar-refractivity contribution >= 4 is 12.0 Å². The first-order valence-electron chi connectivity index (χ1n) is 11.7. The smallest absolute Gasteiger partial charge is 0.404 e. The van der Waals surface area contributed by atoms with Crippen molar-refractivity contribution in [2.24, 2.45) is 11.8 Å². The number of carbonyl (C=O) groups is 2. The van der Waals surface area contributed by atoms with E-state index in [4.69, 9.17) is 9.84 Å². The van der Waals surface area contributed by atoms with E-state index in [1.807, 2.05) is 0 Å². The Balaban J connectivity index is 1.53. The number of carboxylic acid groups (broad SMARTS) is 1. The van der Waals surface area contributed by atoms with Crippen LogP contribution < -0.4 is 10.6 Å². The van der Waals surface area contributed by atoms with E-state index in [-0.39, 0.29) is 18.5 Å². The number of amides is 2. The van der Waals surface area contributed by atoms with Crippen LogP contribution >= 0.6 is 0 Å². The molecule has 31 heavy (non-hydrogen) atoms. The lowest BCUT2D eigenvalue weighted by molar-refractivity contribution is 0.0548. The summed E-state index contributed by atoms with van der Waals surface area (Å²) in [5, 5.41) is 14.3. The van der Waals surface area contributed by atoms with E-state index in [1.165, 1.54) is 19.3 Å². The highest BCUT2D eigenvalue weighted by atomic mass is 16.5. The highest BCUT2D eigenvalue weighted by molar-refractivity contribution is 5.94. The molecule has 1 heterocycles. The van der Waals surface area contributed by atoms with Crippen LogP contribution in [-0.2, 0) is 11.3 Å². The first-order chi connectivity index (χ1) is 15.0. The molecule has 1 aromatic carbocycles. The molecule has 7 nitrogen and oxygen atoms in total. The van der Waals surface area contributed by atoms with Crippen LogP contribution in [0.3, 0.4) is 0 Å². The maximum atomic E-state index is 12.8. The van der Waals surface area contributed by atoms with E-state index in [0.29, 0.717) is 17.4 Å². The van der Waals surface area contributed by atoms with Gasteiger partial charge in [0, 0.05) is 37.8 Å². The third-order valence-electron chi connectivity index (χ3n) is 6.54. The van der Waals surface area contributed by atoms with Crippen LogP contribution in [-0.4, -0.2) is 60.9 Å². The minimum Gasteiger partial charge on any atom is -0.465 e. The second-order valence-corrected chi connectivity index (χ2v) is 8.91. The van der Waals surface area contributed by atoms with Crippen LogP contribution in [0.5, 0.6) is 0 Å². The van der Waals surface area contributed by atoms with Crippen molar-refractivity contribution in [1.82, 2.24) is 15.5 Å². The lowest BCUT2D eigenvalue weighted by atomic mass is 9.83. The number of likely N-dealkylation sites (tertiary alicyclic amines) is 1. The summed E-state index contributed by atoms with van der Waals surface area (Å²) < 4.78 is 5.65. The molecule has 0 aromatic heterocycles. The highest BCUT2D eigenvalue weighted by Gasteiger charge is 2.30. The number of ether oxygens (including phenoxy) is 1. The summed E-state index contributed by atoms with van der Waals surface area (Å²) in [7, 11) is 0. The molecule has 7 heteroatoms. The molecule has 1 aliphatic heterocycles. The Kier molecular flexibility index (Phi) is 9.15. The monoisotopic (exact) mass is 431 g/mol. The maximum absolute atomic E-state index is 12.8. The van der Waals surface area contributed by atoms with Gasteiger partial charge in [0.25, 0.3) is 5.91 Å². The topological polar surface area (TPSA) is 90.9 Å². The van der Waals surface area contributed by atoms with Crippen molar-refractivity contribution in [1.29, 1.82) is 0 Å². The summed E-state index contributed by atoms with van der Waals surface area (Å²) in [5.74, 6) is 1.07. The lowest BCUT2D eigenvalue weighted by Crippen LogP contribution is -2.48. The summed E-state index contributed by atoms with van der Waals surface area (Å²) >= 11 is 0. The lowest BCUT2D eigenvalue weighted by Gasteiger charge is -2.39. The van der Waals surface area contributed by atoms with Gasteiger partial charge in [0.15, 0.2) is 0 Å². The number of benzene rings is 1. The summed E-state index contributed by atoms with van der Waals surface area (Å²) in [4.78, 5) is 26.0. The van der Waals surface area contributed by atoms with E-state index < -0.39 is 6.09 Å². The molecule has 2 aliphatic rings. The fourth-order valence-corrected chi connectivity index (χ4v) is 4.89. The van der Waals surface area contributed by atoms with Crippen LogP contribution in [0.4, 0.5) is 4.79 Å². The predicted molar refractivity (Wildman–Crippen MR) is 120 cm³/mol. The Morgan fingerprint density at radius 2 is 1.90 bits per heavy atom. The van der Waals surface area contributed by atoms with Crippen LogP contribution in [0.1, 0.15) is 61.4 Å². The van der Waals surface area contributed by atoms with Gasteiger partial charge in [-0.3, -0.25) is 4.79 Å². The van der Waals surface area contributed by atoms with Gasteiger partial charge >= 0.3 is 6.09 Å². The quantitative estimate of drug-likeness (QED) is 0.557. The second kappa shape index (κ2) is 12.1. The highest BCUT2D eigenvalue weighted by Crippen LogP contribution is 2.27. The van der Waals surface area contributed by atoms with Crippen molar-refractivity contribution in [3.63, 3.8) is 0 Å². The first kappa shape index (κ1) is 23.5. The van der Waals surface area contributed by atoms with Gasteiger partial charge in [-0.1, -0.05) is 25.0 Å². The number of hydrogen-bond donors (Lipinski definition) is 3. The minimum absolute atomic E-state index is 0.0393. The number of hydrogen-bond acceptors (Lipinski definition) is 4. The molecule has 172 valence electrons. The summed E-state index contributed by atoms with van der Waals surface area (Å²) in [6.07, 6.45) is 6.02. The van der Waals surface area contributed by atoms with Gasteiger partial charge in [0.1, 0.15) is 0 Å².